The third-order valence-electron chi connectivity index (χ3n) is 2.96. The summed E-state index contributed by atoms with van der Waals surface area (Å²) in [6.45, 7) is 6.21. The van der Waals surface area contributed by atoms with Crippen LogP contribution in [0.4, 0.5) is 0 Å². The van der Waals surface area contributed by atoms with Crippen LogP contribution in [0.25, 0.3) is 5.69 Å². The van der Waals surface area contributed by atoms with Gasteiger partial charge in [-0.2, -0.15) is 5.10 Å². The maximum atomic E-state index is 11.1. The number of benzene rings is 1. The highest BCUT2D eigenvalue weighted by Gasteiger charge is 2.16. The highest BCUT2D eigenvalue weighted by atomic mass is 16.4. The monoisotopic (exact) mass is 258 g/mol. The maximum Gasteiger partial charge on any atom is 0.356 e. The Labute approximate surface area is 112 Å². The number of para-hydroxylation sites is 1. The zero-order valence-corrected chi connectivity index (χ0v) is 11.4. The Kier molecular flexibility index (Phi) is 3.69. The van der Waals surface area contributed by atoms with Crippen LogP contribution in [0.3, 0.4) is 0 Å². The van der Waals surface area contributed by atoms with Gasteiger partial charge in [-0.1, -0.05) is 32.0 Å². The van der Waals surface area contributed by atoms with Crippen molar-refractivity contribution in [3.05, 3.63) is 47.3 Å². The summed E-state index contributed by atoms with van der Waals surface area (Å²) < 4.78 is 1.75. The second-order valence-corrected chi connectivity index (χ2v) is 5.12. The third-order valence-corrected chi connectivity index (χ3v) is 2.96. The molecule has 0 fully saturated rings. The number of rotatable bonds is 4. The molecule has 2 aromatic rings. The van der Waals surface area contributed by atoms with E-state index in [1.807, 2.05) is 31.2 Å². The topological polar surface area (TPSA) is 55.1 Å². The van der Waals surface area contributed by atoms with Crippen LogP contribution in [-0.2, 0) is 6.42 Å². The SMILES string of the molecule is Cc1ccccc1-n1nc(C(=O)O)cc1CC(C)C. The molecule has 0 atom stereocenters. The molecule has 0 amide bonds. The summed E-state index contributed by atoms with van der Waals surface area (Å²) in [5.74, 6) is -0.543. The average molecular weight is 258 g/mol. The van der Waals surface area contributed by atoms with E-state index < -0.39 is 5.97 Å². The van der Waals surface area contributed by atoms with Gasteiger partial charge in [0.25, 0.3) is 0 Å². The third kappa shape index (κ3) is 2.84. The van der Waals surface area contributed by atoms with Gasteiger partial charge >= 0.3 is 5.97 Å². The fourth-order valence-corrected chi connectivity index (χ4v) is 2.10. The molecule has 0 radical (unpaired) electrons. The molecule has 19 heavy (non-hydrogen) atoms. The lowest BCUT2D eigenvalue weighted by Gasteiger charge is -2.11. The Morgan fingerprint density at radius 1 is 1.37 bits per heavy atom. The molecule has 0 aliphatic carbocycles. The zero-order valence-electron chi connectivity index (χ0n) is 11.4. The van der Waals surface area contributed by atoms with Gasteiger partial charge in [0.05, 0.1) is 5.69 Å². The minimum Gasteiger partial charge on any atom is -0.476 e. The summed E-state index contributed by atoms with van der Waals surface area (Å²) in [5.41, 5.74) is 3.04. The summed E-state index contributed by atoms with van der Waals surface area (Å²) in [4.78, 5) is 11.1. The van der Waals surface area contributed by atoms with E-state index in [2.05, 4.69) is 18.9 Å². The Bertz CT molecular complexity index is 600. The fourth-order valence-electron chi connectivity index (χ4n) is 2.10. The van der Waals surface area contributed by atoms with E-state index in [4.69, 9.17) is 5.11 Å². The van der Waals surface area contributed by atoms with Gasteiger partial charge < -0.3 is 5.11 Å². The van der Waals surface area contributed by atoms with Crippen molar-refractivity contribution in [1.29, 1.82) is 0 Å². The minimum absolute atomic E-state index is 0.0962. The average Bonchev–Trinajstić information content (AvgIpc) is 2.73. The summed E-state index contributed by atoms with van der Waals surface area (Å²) in [7, 11) is 0. The predicted molar refractivity (Wildman–Crippen MR) is 73.8 cm³/mol. The lowest BCUT2D eigenvalue weighted by molar-refractivity contribution is 0.0690. The van der Waals surface area contributed by atoms with Gasteiger partial charge in [0.2, 0.25) is 0 Å². The largest absolute Gasteiger partial charge is 0.476 e. The summed E-state index contributed by atoms with van der Waals surface area (Å²) in [6.07, 6.45) is 0.800. The van der Waals surface area contributed by atoms with E-state index in [-0.39, 0.29) is 5.69 Å². The number of aryl methyl sites for hydroxylation is 1. The van der Waals surface area contributed by atoms with Crippen LogP contribution in [0.15, 0.2) is 30.3 Å². The molecule has 1 aromatic heterocycles. The van der Waals surface area contributed by atoms with E-state index in [0.29, 0.717) is 5.92 Å². The molecule has 100 valence electrons. The van der Waals surface area contributed by atoms with Crippen LogP contribution in [-0.4, -0.2) is 20.9 Å². The van der Waals surface area contributed by atoms with E-state index in [9.17, 15) is 4.79 Å². The normalized spacial score (nSPS) is 10.9. The van der Waals surface area contributed by atoms with Crippen molar-refractivity contribution < 1.29 is 9.90 Å². The van der Waals surface area contributed by atoms with Crippen molar-refractivity contribution in [2.24, 2.45) is 5.92 Å². The number of hydrogen-bond acceptors (Lipinski definition) is 2. The van der Waals surface area contributed by atoms with Crippen molar-refractivity contribution in [3.8, 4) is 5.69 Å². The number of hydrogen-bond donors (Lipinski definition) is 1. The van der Waals surface area contributed by atoms with Gasteiger partial charge in [-0.05, 0) is 37.0 Å². The van der Waals surface area contributed by atoms with Gasteiger partial charge in [0.1, 0.15) is 0 Å². The molecular formula is C15H18N2O2. The van der Waals surface area contributed by atoms with Gasteiger partial charge in [-0.15, -0.1) is 0 Å². The van der Waals surface area contributed by atoms with Gasteiger partial charge in [-0.3, -0.25) is 0 Å². The van der Waals surface area contributed by atoms with Crippen LogP contribution in [0.5, 0.6) is 0 Å². The van der Waals surface area contributed by atoms with Gasteiger partial charge in [0, 0.05) is 5.69 Å². The molecule has 1 aromatic carbocycles. The number of aromatic carboxylic acids is 1. The van der Waals surface area contributed by atoms with Gasteiger partial charge in [0.15, 0.2) is 5.69 Å². The van der Waals surface area contributed by atoms with Crippen LogP contribution in [0.2, 0.25) is 0 Å². The predicted octanol–water partition coefficient (Wildman–Crippen LogP) is 3.08. The molecule has 0 unspecified atom stereocenters. The molecule has 2 rings (SSSR count). The molecule has 1 heterocycles. The first kappa shape index (κ1) is 13.3. The molecule has 0 spiro atoms. The van der Waals surface area contributed by atoms with Crippen LogP contribution in [0, 0.1) is 12.8 Å². The molecule has 0 aliphatic rings. The molecule has 0 aliphatic heterocycles. The fraction of sp³-hybridized carbons (Fsp3) is 0.333. The van der Waals surface area contributed by atoms with Crippen LogP contribution in [0.1, 0.15) is 35.6 Å². The molecule has 0 bridgehead atoms. The van der Waals surface area contributed by atoms with Gasteiger partial charge in [-0.25, -0.2) is 9.48 Å². The number of carboxylic acid groups (broad SMARTS) is 1. The minimum atomic E-state index is -0.989. The molecular weight excluding hydrogens is 240 g/mol. The maximum absolute atomic E-state index is 11.1. The zero-order chi connectivity index (χ0) is 14.0. The van der Waals surface area contributed by atoms with Crippen molar-refractivity contribution in [2.75, 3.05) is 0 Å². The number of carboxylic acids is 1. The Morgan fingerprint density at radius 2 is 2.05 bits per heavy atom. The summed E-state index contributed by atoms with van der Waals surface area (Å²) in [6, 6.07) is 9.51. The molecule has 0 saturated carbocycles. The lowest BCUT2D eigenvalue weighted by atomic mass is 10.1. The van der Waals surface area contributed by atoms with Crippen molar-refractivity contribution >= 4 is 5.97 Å². The Hall–Kier alpha value is -2.10. The second kappa shape index (κ2) is 5.26. The first-order valence-corrected chi connectivity index (χ1v) is 6.37. The standard InChI is InChI=1S/C15H18N2O2/c1-10(2)8-12-9-13(15(18)19)16-17(12)14-7-5-4-6-11(14)3/h4-7,9-10H,8H2,1-3H3,(H,18,19). The molecule has 4 nitrogen and oxygen atoms in total. The Balaban J connectivity index is 2.54. The number of aromatic nitrogens is 2. The lowest BCUT2D eigenvalue weighted by Crippen LogP contribution is -2.07. The van der Waals surface area contributed by atoms with Crippen molar-refractivity contribution in [2.45, 2.75) is 27.2 Å². The second-order valence-electron chi connectivity index (χ2n) is 5.12. The van der Waals surface area contributed by atoms with E-state index in [1.54, 1.807) is 10.7 Å². The number of carbonyl (C=O) groups is 1. The highest BCUT2D eigenvalue weighted by molar-refractivity contribution is 5.85. The summed E-state index contributed by atoms with van der Waals surface area (Å²) >= 11 is 0. The van der Waals surface area contributed by atoms with Crippen LogP contribution >= 0.6 is 0 Å². The Morgan fingerprint density at radius 3 is 2.63 bits per heavy atom. The quantitative estimate of drug-likeness (QED) is 0.916. The molecule has 4 heteroatoms. The highest BCUT2D eigenvalue weighted by Crippen LogP contribution is 2.19. The first-order chi connectivity index (χ1) is 8.99. The summed E-state index contributed by atoms with van der Waals surface area (Å²) in [5, 5.41) is 13.3. The van der Waals surface area contributed by atoms with E-state index in [0.717, 1.165) is 23.4 Å². The molecule has 1 N–H and O–H groups in total. The van der Waals surface area contributed by atoms with E-state index >= 15 is 0 Å². The van der Waals surface area contributed by atoms with Crippen molar-refractivity contribution in [3.63, 3.8) is 0 Å². The molecule has 0 saturated heterocycles. The van der Waals surface area contributed by atoms with E-state index in [1.165, 1.54) is 0 Å². The smallest absolute Gasteiger partial charge is 0.356 e. The number of nitrogens with zero attached hydrogens (tertiary/aromatic N) is 2. The first-order valence-electron chi connectivity index (χ1n) is 6.37. The van der Waals surface area contributed by atoms with Crippen molar-refractivity contribution in [1.82, 2.24) is 9.78 Å². The van der Waals surface area contributed by atoms with Crippen LogP contribution < -0.4 is 0 Å².